The maximum absolute atomic E-state index is 12.8. The lowest BCUT2D eigenvalue weighted by Gasteiger charge is -2.18. The zero-order valence-corrected chi connectivity index (χ0v) is 49.1. The normalized spacial score (nSPS) is 12.5. The molecule has 0 radical (unpaired) electrons. The monoisotopic (exact) mass is 1030 g/mol. The van der Waals surface area contributed by atoms with Gasteiger partial charge in [0, 0.05) is 19.3 Å². The molecule has 0 heterocycles. The lowest BCUT2D eigenvalue weighted by Crippen LogP contribution is -2.30. The number of allylic oxidation sites excluding steroid dienone is 12. The van der Waals surface area contributed by atoms with E-state index in [1.165, 1.54) is 186 Å². The number of carbonyl (C=O) groups excluding carboxylic acids is 3. The topological polar surface area (TPSA) is 78.9 Å². The van der Waals surface area contributed by atoms with Crippen molar-refractivity contribution in [2.45, 2.75) is 329 Å². The summed E-state index contributed by atoms with van der Waals surface area (Å²) < 4.78 is 16.8. The minimum Gasteiger partial charge on any atom is -0.462 e. The molecule has 6 nitrogen and oxygen atoms in total. The highest BCUT2D eigenvalue weighted by Crippen LogP contribution is 2.17. The highest BCUT2D eigenvalue weighted by atomic mass is 16.6. The van der Waals surface area contributed by atoms with E-state index in [1.54, 1.807) is 0 Å². The molecule has 74 heavy (non-hydrogen) atoms. The summed E-state index contributed by atoms with van der Waals surface area (Å²) in [7, 11) is 0. The van der Waals surface area contributed by atoms with Gasteiger partial charge in [-0.3, -0.25) is 14.4 Å². The Balaban J connectivity index is 4.04. The van der Waals surface area contributed by atoms with Gasteiger partial charge in [-0.05, 0) is 89.9 Å². The number of hydrogen-bond acceptors (Lipinski definition) is 6. The Hall–Kier alpha value is -3.15. The molecule has 6 heteroatoms. The fourth-order valence-electron chi connectivity index (χ4n) is 9.17. The number of esters is 3. The van der Waals surface area contributed by atoms with Crippen molar-refractivity contribution >= 4 is 17.9 Å². The zero-order chi connectivity index (χ0) is 53.6. The van der Waals surface area contributed by atoms with Crippen LogP contribution in [-0.2, 0) is 28.6 Å². The molecule has 0 saturated heterocycles. The summed E-state index contributed by atoms with van der Waals surface area (Å²) in [5.41, 5.74) is 0. The summed E-state index contributed by atoms with van der Waals surface area (Å²) in [5.74, 6) is -0.875. The van der Waals surface area contributed by atoms with Gasteiger partial charge in [-0.25, -0.2) is 0 Å². The number of ether oxygens (including phenoxy) is 3. The van der Waals surface area contributed by atoms with Crippen molar-refractivity contribution in [1.82, 2.24) is 0 Å². The molecule has 1 atom stereocenters. The van der Waals surface area contributed by atoms with E-state index < -0.39 is 6.10 Å². The number of hydrogen-bond donors (Lipinski definition) is 0. The highest BCUT2D eigenvalue weighted by Gasteiger charge is 2.19. The van der Waals surface area contributed by atoms with Gasteiger partial charge in [-0.2, -0.15) is 0 Å². The summed E-state index contributed by atoms with van der Waals surface area (Å²) in [4.78, 5) is 38.0. The van der Waals surface area contributed by atoms with Crippen molar-refractivity contribution in [3.63, 3.8) is 0 Å². The minimum absolute atomic E-state index is 0.0745. The van der Waals surface area contributed by atoms with Gasteiger partial charge in [-0.15, -0.1) is 0 Å². The van der Waals surface area contributed by atoms with E-state index >= 15 is 0 Å². The second kappa shape index (κ2) is 62.4. The van der Waals surface area contributed by atoms with Crippen molar-refractivity contribution in [1.29, 1.82) is 0 Å². The minimum atomic E-state index is -0.775. The van der Waals surface area contributed by atoms with Gasteiger partial charge in [0.25, 0.3) is 0 Å². The first-order valence-electron chi connectivity index (χ1n) is 31.9. The first kappa shape index (κ1) is 70.8. The predicted molar refractivity (Wildman–Crippen MR) is 321 cm³/mol. The third-order valence-electron chi connectivity index (χ3n) is 13.9. The molecule has 0 N–H and O–H groups in total. The molecular weight excluding hydrogens is 913 g/mol. The van der Waals surface area contributed by atoms with Crippen molar-refractivity contribution in [3.05, 3.63) is 72.9 Å². The van der Waals surface area contributed by atoms with Gasteiger partial charge in [0.05, 0.1) is 0 Å². The Kier molecular flexibility index (Phi) is 59.7. The van der Waals surface area contributed by atoms with Crippen LogP contribution in [0.25, 0.3) is 0 Å². The number of unbranched alkanes of at least 4 members (excludes halogenated alkanes) is 35. The Bertz CT molecular complexity index is 1370. The Morgan fingerprint density at radius 3 is 0.838 bits per heavy atom. The molecule has 0 spiro atoms. The smallest absolute Gasteiger partial charge is 0.306 e. The molecular formula is C68H120O6. The quantitative estimate of drug-likeness (QED) is 0.0261. The molecule has 0 aliphatic carbocycles. The Morgan fingerprint density at radius 1 is 0.284 bits per heavy atom. The molecule has 0 aliphatic heterocycles. The molecule has 0 amide bonds. The van der Waals surface area contributed by atoms with E-state index in [2.05, 4.69) is 93.7 Å². The lowest BCUT2D eigenvalue weighted by molar-refractivity contribution is -0.167. The standard InChI is InChI=1S/C68H120O6/c1-4-7-10-13-16-18-20-22-24-26-28-29-30-31-32-33-34-35-36-37-38-39-40-42-43-45-47-49-52-55-58-61-67(70)73-64-65(63-72-66(69)60-57-54-51-15-12-9-6-3)74-68(71)62-59-56-53-50-48-46-44-41-27-25-23-21-19-17-14-11-8-5-2/h7,10,16,18-19,21-22,24-25,27-29,65H,4-6,8-9,11-15,17,20,23,26,30-64H2,1-3H3/b10-7-,18-16-,21-19-,24-22-,27-25-,29-28-. The van der Waals surface area contributed by atoms with Crippen LogP contribution in [0.5, 0.6) is 0 Å². The van der Waals surface area contributed by atoms with Gasteiger partial charge >= 0.3 is 17.9 Å². The molecule has 0 aromatic carbocycles. The maximum atomic E-state index is 12.8. The molecule has 0 rings (SSSR count). The highest BCUT2D eigenvalue weighted by molar-refractivity contribution is 5.71. The number of carbonyl (C=O) groups is 3. The van der Waals surface area contributed by atoms with Crippen molar-refractivity contribution < 1.29 is 28.6 Å². The maximum Gasteiger partial charge on any atom is 0.306 e. The van der Waals surface area contributed by atoms with Crippen molar-refractivity contribution in [2.24, 2.45) is 0 Å². The molecule has 0 bridgehead atoms. The van der Waals surface area contributed by atoms with Gasteiger partial charge in [-0.1, -0.05) is 286 Å². The number of rotatable bonds is 58. The van der Waals surface area contributed by atoms with E-state index in [4.69, 9.17) is 14.2 Å². The summed E-state index contributed by atoms with van der Waals surface area (Å²) in [6.07, 6.45) is 80.8. The van der Waals surface area contributed by atoms with Crippen LogP contribution in [-0.4, -0.2) is 37.2 Å². The SMILES string of the molecule is CC/C=C\C/C=C\C/C=C\C/C=C\CCCCCCCCCCCCCCCCCCCCC(=O)OCC(COC(=O)CCCCCCCCC)OC(=O)CCCCCCCCC/C=C\C/C=C\CCCCCC. The zero-order valence-electron chi connectivity index (χ0n) is 49.1. The first-order chi connectivity index (χ1) is 36.5. The summed E-state index contributed by atoms with van der Waals surface area (Å²) >= 11 is 0. The largest absolute Gasteiger partial charge is 0.462 e. The van der Waals surface area contributed by atoms with Gasteiger partial charge in [0.1, 0.15) is 13.2 Å². The predicted octanol–water partition coefficient (Wildman–Crippen LogP) is 21.7. The molecule has 0 aromatic heterocycles. The Labute approximate surface area is 459 Å². The van der Waals surface area contributed by atoms with Gasteiger partial charge in [0.2, 0.25) is 0 Å². The van der Waals surface area contributed by atoms with E-state index in [0.717, 1.165) is 96.3 Å². The third kappa shape index (κ3) is 59.7. The molecule has 428 valence electrons. The third-order valence-corrected chi connectivity index (χ3v) is 13.9. The van der Waals surface area contributed by atoms with E-state index in [9.17, 15) is 14.4 Å². The van der Waals surface area contributed by atoms with Crippen molar-refractivity contribution in [2.75, 3.05) is 13.2 Å². The molecule has 0 aliphatic rings. The molecule has 0 aromatic rings. The van der Waals surface area contributed by atoms with Crippen LogP contribution in [0.1, 0.15) is 323 Å². The average molecular weight is 1030 g/mol. The summed E-state index contributed by atoms with van der Waals surface area (Å²) in [6.45, 7) is 6.49. The average Bonchev–Trinajstić information content (AvgIpc) is 3.40. The fraction of sp³-hybridized carbons (Fsp3) is 0.779. The second-order valence-corrected chi connectivity index (χ2v) is 21.3. The van der Waals surface area contributed by atoms with E-state index in [0.29, 0.717) is 19.3 Å². The van der Waals surface area contributed by atoms with E-state index in [1.807, 2.05) is 0 Å². The van der Waals surface area contributed by atoms with Crippen LogP contribution in [0.2, 0.25) is 0 Å². The van der Waals surface area contributed by atoms with Gasteiger partial charge in [0.15, 0.2) is 6.10 Å². The van der Waals surface area contributed by atoms with Crippen LogP contribution in [0.4, 0.5) is 0 Å². The van der Waals surface area contributed by atoms with Crippen LogP contribution in [0, 0.1) is 0 Å². The molecule has 0 fully saturated rings. The van der Waals surface area contributed by atoms with E-state index in [-0.39, 0.29) is 31.1 Å². The van der Waals surface area contributed by atoms with Crippen LogP contribution >= 0.6 is 0 Å². The molecule has 0 saturated carbocycles. The van der Waals surface area contributed by atoms with Crippen molar-refractivity contribution in [3.8, 4) is 0 Å². The fourth-order valence-corrected chi connectivity index (χ4v) is 9.17. The van der Waals surface area contributed by atoms with Crippen LogP contribution in [0.15, 0.2) is 72.9 Å². The first-order valence-corrected chi connectivity index (χ1v) is 31.9. The summed E-state index contributed by atoms with van der Waals surface area (Å²) in [6, 6.07) is 0. The summed E-state index contributed by atoms with van der Waals surface area (Å²) in [5, 5.41) is 0. The lowest BCUT2D eigenvalue weighted by atomic mass is 10.0. The van der Waals surface area contributed by atoms with Crippen LogP contribution in [0.3, 0.4) is 0 Å². The Morgan fingerprint density at radius 2 is 0.527 bits per heavy atom. The molecule has 1 unspecified atom stereocenters. The van der Waals surface area contributed by atoms with Gasteiger partial charge < -0.3 is 14.2 Å². The second-order valence-electron chi connectivity index (χ2n) is 21.3. The van der Waals surface area contributed by atoms with Crippen LogP contribution < -0.4 is 0 Å².